The number of rotatable bonds is 1. The largest absolute Gasteiger partial charge is 0.508 e. The van der Waals surface area contributed by atoms with Crippen molar-refractivity contribution >= 4 is 11.6 Å². The van der Waals surface area contributed by atoms with Crippen LogP contribution in [0.3, 0.4) is 0 Å². The Labute approximate surface area is 87.6 Å². The first kappa shape index (κ1) is 9.77. The van der Waals surface area contributed by atoms with Crippen molar-refractivity contribution in [3.8, 4) is 5.75 Å². The van der Waals surface area contributed by atoms with Crippen LogP contribution in [-0.4, -0.2) is 24.9 Å². The van der Waals surface area contributed by atoms with Gasteiger partial charge in [0.05, 0.1) is 19.3 Å². The number of hydrogen-bond acceptors (Lipinski definition) is 3. The number of hydrogen-bond donors (Lipinski definition) is 2. The summed E-state index contributed by atoms with van der Waals surface area (Å²) in [4.78, 5) is 0. The molecular weight excluding hydrogens is 202 g/mol. The summed E-state index contributed by atoms with van der Waals surface area (Å²) in [7, 11) is 0. The van der Waals surface area contributed by atoms with E-state index in [-0.39, 0.29) is 11.8 Å². The third-order valence-corrected chi connectivity index (χ3v) is 2.52. The average molecular weight is 214 g/mol. The van der Waals surface area contributed by atoms with Gasteiger partial charge in [0.15, 0.2) is 0 Å². The Bertz CT molecular complexity index is 324. The first-order chi connectivity index (χ1) is 6.77. The molecule has 1 unspecified atom stereocenters. The second-order valence-corrected chi connectivity index (χ2v) is 3.72. The van der Waals surface area contributed by atoms with Crippen LogP contribution in [0.15, 0.2) is 18.2 Å². The molecule has 0 bridgehead atoms. The normalized spacial score (nSPS) is 22.2. The van der Waals surface area contributed by atoms with Gasteiger partial charge < -0.3 is 15.2 Å². The monoisotopic (exact) mass is 213 g/mol. The predicted octanol–water partition coefficient (Wildman–Crippen LogP) is 1.71. The van der Waals surface area contributed by atoms with Crippen molar-refractivity contribution in [1.82, 2.24) is 5.32 Å². The molecule has 2 N–H and O–H groups in total. The molecular formula is C10H12ClNO2. The zero-order valence-electron chi connectivity index (χ0n) is 7.66. The predicted molar refractivity (Wildman–Crippen MR) is 54.7 cm³/mol. The van der Waals surface area contributed by atoms with Gasteiger partial charge in [0, 0.05) is 17.1 Å². The van der Waals surface area contributed by atoms with Crippen LogP contribution in [0, 0.1) is 0 Å². The highest BCUT2D eigenvalue weighted by Crippen LogP contribution is 2.28. The zero-order valence-corrected chi connectivity index (χ0v) is 8.42. The fourth-order valence-corrected chi connectivity index (χ4v) is 1.74. The van der Waals surface area contributed by atoms with E-state index in [4.69, 9.17) is 16.3 Å². The third kappa shape index (κ3) is 2.00. The molecule has 0 aliphatic carbocycles. The zero-order chi connectivity index (χ0) is 9.97. The summed E-state index contributed by atoms with van der Waals surface area (Å²) in [6.45, 7) is 2.13. The second kappa shape index (κ2) is 4.17. The molecule has 1 aromatic rings. The van der Waals surface area contributed by atoms with Crippen LogP contribution in [0.2, 0.25) is 5.02 Å². The Kier molecular flexibility index (Phi) is 2.91. The summed E-state index contributed by atoms with van der Waals surface area (Å²) in [6.07, 6.45) is 0. The molecule has 0 aromatic heterocycles. The number of phenolic OH excluding ortho intramolecular Hbond substituents is 1. The molecule has 3 nitrogen and oxygen atoms in total. The van der Waals surface area contributed by atoms with Gasteiger partial charge in [-0.15, -0.1) is 0 Å². The average Bonchev–Trinajstić information content (AvgIpc) is 2.19. The molecule has 1 fully saturated rings. The maximum atomic E-state index is 9.66. The van der Waals surface area contributed by atoms with Crippen molar-refractivity contribution in [3.63, 3.8) is 0 Å². The van der Waals surface area contributed by atoms with Crippen molar-refractivity contribution in [3.05, 3.63) is 28.8 Å². The van der Waals surface area contributed by atoms with E-state index in [1.165, 1.54) is 0 Å². The van der Waals surface area contributed by atoms with E-state index >= 15 is 0 Å². The number of benzene rings is 1. The van der Waals surface area contributed by atoms with Crippen LogP contribution in [0.1, 0.15) is 11.6 Å². The van der Waals surface area contributed by atoms with Crippen molar-refractivity contribution in [2.75, 3.05) is 19.8 Å². The minimum absolute atomic E-state index is 0.0704. The van der Waals surface area contributed by atoms with Crippen LogP contribution in [0.4, 0.5) is 0 Å². The van der Waals surface area contributed by atoms with Crippen molar-refractivity contribution in [1.29, 1.82) is 0 Å². The highest BCUT2D eigenvalue weighted by atomic mass is 35.5. The molecule has 14 heavy (non-hydrogen) atoms. The van der Waals surface area contributed by atoms with Gasteiger partial charge in [0.25, 0.3) is 0 Å². The number of morpholine rings is 1. The lowest BCUT2D eigenvalue weighted by Crippen LogP contribution is -2.34. The van der Waals surface area contributed by atoms with E-state index in [1.807, 2.05) is 6.07 Å². The van der Waals surface area contributed by atoms with Crippen LogP contribution >= 0.6 is 11.6 Å². The molecule has 1 aliphatic rings. The molecule has 76 valence electrons. The Balaban J connectivity index is 2.22. The number of halogens is 1. The van der Waals surface area contributed by atoms with Gasteiger partial charge in [-0.3, -0.25) is 0 Å². The highest BCUT2D eigenvalue weighted by Gasteiger charge is 2.18. The van der Waals surface area contributed by atoms with Gasteiger partial charge in [-0.05, 0) is 12.1 Å². The van der Waals surface area contributed by atoms with Gasteiger partial charge in [0.2, 0.25) is 0 Å². The summed E-state index contributed by atoms with van der Waals surface area (Å²) in [5.41, 5.74) is 0.842. The van der Waals surface area contributed by atoms with Gasteiger partial charge >= 0.3 is 0 Å². The summed E-state index contributed by atoms with van der Waals surface area (Å²) in [6, 6.07) is 5.21. The lowest BCUT2D eigenvalue weighted by Gasteiger charge is -2.24. The van der Waals surface area contributed by atoms with E-state index in [0.29, 0.717) is 11.6 Å². The van der Waals surface area contributed by atoms with E-state index in [9.17, 15) is 5.11 Å². The van der Waals surface area contributed by atoms with Crippen molar-refractivity contribution in [2.45, 2.75) is 6.04 Å². The smallest absolute Gasteiger partial charge is 0.121 e. The van der Waals surface area contributed by atoms with Crippen LogP contribution in [0.25, 0.3) is 0 Å². The van der Waals surface area contributed by atoms with E-state index < -0.39 is 0 Å². The Hall–Kier alpha value is -0.770. The molecule has 0 radical (unpaired) electrons. The fraction of sp³-hybridized carbons (Fsp3) is 0.400. The van der Waals surface area contributed by atoms with Gasteiger partial charge in [0.1, 0.15) is 5.75 Å². The number of nitrogens with one attached hydrogen (secondary N) is 1. The maximum absolute atomic E-state index is 9.66. The quantitative estimate of drug-likeness (QED) is 0.746. The first-order valence-electron chi connectivity index (χ1n) is 4.57. The molecule has 4 heteroatoms. The summed E-state index contributed by atoms with van der Waals surface area (Å²) < 4.78 is 5.32. The third-order valence-electron chi connectivity index (χ3n) is 2.29. The molecule has 1 aliphatic heterocycles. The van der Waals surface area contributed by atoms with Crippen molar-refractivity contribution < 1.29 is 9.84 Å². The highest BCUT2D eigenvalue weighted by molar-refractivity contribution is 6.30. The van der Waals surface area contributed by atoms with Crippen LogP contribution in [-0.2, 0) is 4.74 Å². The fourth-order valence-electron chi connectivity index (χ4n) is 1.58. The van der Waals surface area contributed by atoms with Crippen LogP contribution < -0.4 is 5.32 Å². The topological polar surface area (TPSA) is 41.5 Å². The lowest BCUT2D eigenvalue weighted by atomic mass is 10.1. The summed E-state index contributed by atoms with van der Waals surface area (Å²) >= 11 is 5.74. The van der Waals surface area contributed by atoms with E-state index in [2.05, 4.69) is 5.32 Å². The summed E-state index contributed by atoms with van der Waals surface area (Å²) in [5.74, 6) is 0.223. The minimum Gasteiger partial charge on any atom is -0.508 e. The standard InChI is InChI=1S/C10H12ClNO2/c11-7-1-2-8(10(13)5-7)9-6-14-4-3-12-9/h1-2,5,9,12-13H,3-4,6H2. The van der Waals surface area contributed by atoms with Gasteiger partial charge in [-0.1, -0.05) is 17.7 Å². The number of aromatic hydroxyl groups is 1. The Morgan fingerprint density at radius 2 is 2.36 bits per heavy atom. The Morgan fingerprint density at radius 1 is 1.50 bits per heavy atom. The van der Waals surface area contributed by atoms with E-state index in [1.54, 1.807) is 12.1 Å². The molecule has 0 spiro atoms. The maximum Gasteiger partial charge on any atom is 0.121 e. The second-order valence-electron chi connectivity index (χ2n) is 3.28. The van der Waals surface area contributed by atoms with Crippen LogP contribution in [0.5, 0.6) is 5.75 Å². The van der Waals surface area contributed by atoms with Crippen molar-refractivity contribution in [2.24, 2.45) is 0 Å². The molecule has 2 rings (SSSR count). The van der Waals surface area contributed by atoms with Gasteiger partial charge in [-0.2, -0.15) is 0 Å². The molecule has 1 atom stereocenters. The first-order valence-corrected chi connectivity index (χ1v) is 4.95. The molecule has 1 heterocycles. The Morgan fingerprint density at radius 3 is 3.00 bits per heavy atom. The SMILES string of the molecule is Oc1cc(Cl)ccc1C1COCCN1. The minimum atomic E-state index is 0.0704. The molecule has 1 saturated heterocycles. The molecule has 0 saturated carbocycles. The molecule has 0 amide bonds. The van der Waals surface area contributed by atoms with Gasteiger partial charge in [-0.25, -0.2) is 0 Å². The lowest BCUT2D eigenvalue weighted by molar-refractivity contribution is 0.0761. The van der Waals surface area contributed by atoms with E-state index in [0.717, 1.165) is 18.7 Å². The number of ether oxygens (including phenoxy) is 1. The summed E-state index contributed by atoms with van der Waals surface area (Å²) in [5, 5.41) is 13.5. The molecule has 1 aromatic carbocycles. The number of phenols is 1.